The van der Waals surface area contributed by atoms with E-state index < -0.39 is 0 Å². The molecule has 1 fully saturated rings. The smallest absolute Gasteiger partial charge is 0.241 e. The molecule has 1 atom stereocenters. The SMILES string of the molecule is Cc1ccccc1Oc1nccnc1[C@H]1CCCN(CCO)C1. The van der Waals surface area contributed by atoms with Crippen LogP contribution in [0.4, 0.5) is 0 Å². The lowest BCUT2D eigenvalue weighted by atomic mass is 9.94. The van der Waals surface area contributed by atoms with Crippen molar-refractivity contribution in [3.05, 3.63) is 47.9 Å². The van der Waals surface area contributed by atoms with Crippen molar-refractivity contribution in [2.75, 3.05) is 26.2 Å². The first-order valence-electron chi connectivity index (χ1n) is 8.15. The van der Waals surface area contributed by atoms with Crippen molar-refractivity contribution in [3.63, 3.8) is 0 Å². The van der Waals surface area contributed by atoms with Gasteiger partial charge >= 0.3 is 0 Å². The summed E-state index contributed by atoms with van der Waals surface area (Å²) in [6.07, 6.45) is 5.58. The number of ether oxygens (including phenoxy) is 1. The van der Waals surface area contributed by atoms with E-state index in [-0.39, 0.29) is 6.61 Å². The van der Waals surface area contributed by atoms with Crippen molar-refractivity contribution in [3.8, 4) is 11.6 Å². The van der Waals surface area contributed by atoms with Gasteiger partial charge in [0.15, 0.2) is 0 Å². The summed E-state index contributed by atoms with van der Waals surface area (Å²) in [6, 6.07) is 7.93. The summed E-state index contributed by atoms with van der Waals surface area (Å²) in [4.78, 5) is 11.2. The molecule has 0 amide bonds. The van der Waals surface area contributed by atoms with Gasteiger partial charge in [0.05, 0.1) is 6.61 Å². The molecule has 0 bridgehead atoms. The summed E-state index contributed by atoms with van der Waals surface area (Å²) in [6.45, 7) is 4.86. The van der Waals surface area contributed by atoms with E-state index in [1.54, 1.807) is 12.4 Å². The molecule has 1 aromatic carbocycles. The number of hydrogen-bond donors (Lipinski definition) is 1. The van der Waals surface area contributed by atoms with Gasteiger partial charge in [0, 0.05) is 31.4 Å². The molecular formula is C18H23N3O2. The van der Waals surface area contributed by atoms with Crippen LogP contribution in [0.1, 0.15) is 30.0 Å². The Kier molecular flexibility index (Phi) is 5.20. The molecule has 0 saturated carbocycles. The van der Waals surface area contributed by atoms with E-state index in [4.69, 9.17) is 9.84 Å². The van der Waals surface area contributed by atoms with Gasteiger partial charge in [-0.05, 0) is 37.9 Å². The van der Waals surface area contributed by atoms with Crippen molar-refractivity contribution in [1.82, 2.24) is 14.9 Å². The molecule has 5 nitrogen and oxygen atoms in total. The zero-order valence-electron chi connectivity index (χ0n) is 13.5. The summed E-state index contributed by atoms with van der Waals surface area (Å²) >= 11 is 0. The number of aryl methyl sites for hydroxylation is 1. The molecule has 3 rings (SSSR count). The maximum Gasteiger partial charge on any atom is 0.241 e. The molecule has 0 radical (unpaired) electrons. The van der Waals surface area contributed by atoms with Gasteiger partial charge in [-0.1, -0.05) is 18.2 Å². The molecule has 0 spiro atoms. The molecule has 1 N–H and O–H groups in total. The Morgan fingerprint density at radius 2 is 2.09 bits per heavy atom. The van der Waals surface area contributed by atoms with Gasteiger partial charge in [-0.2, -0.15) is 0 Å². The maximum atomic E-state index is 9.16. The van der Waals surface area contributed by atoms with Crippen LogP contribution in [0.15, 0.2) is 36.7 Å². The highest BCUT2D eigenvalue weighted by atomic mass is 16.5. The predicted molar refractivity (Wildman–Crippen MR) is 88.8 cm³/mol. The highest BCUT2D eigenvalue weighted by Crippen LogP contribution is 2.33. The topological polar surface area (TPSA) is 58.5 Å². The molecule has 23 heavy (non-hydrogen) atoms. The lowest BCUT2D eigenvalue weighted by Crippen LogP contribution is -2.36. The Morgan fingerprint density at radius 1 is 1.26 bits per heavy atom. The Hall–Kier alpha value is -1.98. The zero-order valence-corrected chi connectivity index (χ0v) is 13.5. The van der Waals surface area contributed by atoms with Crippen LogP contribution in [0.25, 0.3) is 0 Å². The average Bonchev–Trinajstić information content (AvgIpc) is 2.58. The number of likely N-dealkylation sites (tertiary alicyclic amines) is 1. The van der Waals surface area contributed by atoms with Crippen LogP contribution >= 0.6 is 0 Å². The van der Waals surface area contributed by atoms with Crippen LogP contribution in [0, 0.1) is 6.92 Å². The van der Waals surface area contributed by atoms with Gasteiger partial charge in [-0.3, -0.25) is 4.98 Å². The van der Waals surface area contributed by atoms with Crippen LogP contribution in [0.3, 0.4) is 0 Å². The van der Waals surface area contributed by atoms with E-state index in [1.165, 1.54) is 0 Å². The molecule has 1 aliphatic heterocycles. The molecule has 2 aromatic rings. The average molecular weight is 313 g/mol. The second kappa shape index (κ2) is 7.53. The first kappa shape index (κ1) is 15.9. The lowest BCUT2D eigenvalue weighted by molar-refractivity contribution is 0.159. The number of aliphatic hydroxyl groups excluding tert-OH is 1. The number of hydrogen-bond acceptors (Lipinski definition) is 5. The zero-order chi connectivity index (χ0) is 16.1. The lowest BCUT2D eigenvalue weighted by Gasteiger charge is -2.32. The van der Waals surface area contributed by atoms with Crippen LogP contribution in [0.5, 0.6) is 11.6 Å². The van der Waals surface area contributed by atoms with E-state index in [0.717, 1.165) is 42.9 Å². The number of aliphatic hydroxyl groups is 1. The van der Waals surface area contributed by atoms with E-state index in [1.807, 2.05) is 31.2 Å². The second-order valence-electron chi connectivity index (χ2n) is 5.98. The molecule has 1 aromatic heterocycles. The van der Waals surface area contributed by atoms with Crippen LogP contribution in [-0.4, -0.2) is 46.2 Å². The Bertz CT molecular complexity index is 646. The van der Waals surface area contributed by atoms with E-state index in [9.17, 15) is 0 Å². The van der Waals surface area contributed by atoms with E-state index >= 15 is 0 Å². The summed E-state index contributed by atoms with van der Waals surface area (Å²) in [5.41, 5.74) is 1.99. The molecular weight excluding hydrogens is 290 g/mol. The third-order valence-corrected chi connectivity index (χ3v) is 4.30. The fourth-order valence-electron chi connectivity index (χ4n) is 3.09. The first-order chi connectivity index (χ1) is 11.3. The largest absolute Gasteiger partial charge is 0.437 e. The highest BCUT2D eigenvalue weighted by molar-refractivity contribution is 5.36. The number of benzene rings is 1. The second-order valence-corrected chi connectivity index (χ2v) is 5.98. The molecule has 0 unspecified atom stereocenters. The molecule has 122 valence electrons. The summed E-state index contributed by atoms with van der Waals surface area (Å²) in [5, 5.41) is 9.16. The number of nitrogens with zero attached hydrogens (tertiary/aromatic N) is 3. The van der Waals surface area contributed by atoms with Crippen molar-refractivity contribution < 1.29 is 9.84 Å². The Balaban J connectivity index is 1.82. The third kappa shape index (κ3) is 3.86. The maximum absolute atomic E-state index is 9.16. The van der Waals surface area contributed by atoms with Gasteiger partial charge in [-0.15, -0.1) is 0 Å². The summed E-state index contributed by atoms with van der Waals surface area (Å²) < 4.78 is 6.05. The Labute approximate surface area is 137 Å². The van der Waals surface area contributed by atoms with Crippen molar-refractivity contribution in [2.45, 2.75) is 25.7 Å². The highest BCUT2D eigenvalue weighted by Gasteiger charge is 2.25. The van der Waals surface area contributed by atoms with Gasteiger partial charge < -0.3 is 14.7 Å². The third-order valence-electron chi connectivity index (χ3n) is 4.30. The van der Waals surface area contributed by atoms with Crippen LogP contribution < -0.4 is 4.74 Å². The number of β-amino-alcohol motifs (C(OH)–C–C–N with tert-alkyl or cyclic N) is 1. The fourth-order valence-corrected chi connectivity index (χ4v) is 3.09. The first-order valence-corrected chi connectivity index (χ1v) is 8.15. The monoisotopic (exact) mass is 313 g/mol. The molecule has 2 heterocycles. The molecule has 0 aliphatic carbocycles. The van der Waals surface area contributed by atoms with Crippen molar-refractivity contribution in [2.24, 2.45) is 0 Å². The van der Waals surface area contributed by atoms with E-state index in [2.05, 4.69) is 14.9 Å². The van der Waals surface area contributed by atoms with Crippen molar-refractivity contribution >= 4 is 0 Å². The standard InChI is InChI=1S/C18H23N3O2/c1-14-5-2-3-7-16(14)23-18-17(19-8-9-20-18)15-6-4-10-21(13-15)11-12-22/h2-3,5,7-9,15,22H,4,6,10-13H2,1H3/t15-/m0/s1. The minimum atomic E-state index is 0.194. The fraction of sp³-hybridized carbons (Fsp3) is 0.444. The van der Waals surface area contributed by atoms with E-state index in [0.29, 0.717) is 18.3 Å². The summed E-state index contributed by atoms with van der Waals surface area (Å²) in [5.74, 6) is 1.71. The minimum Gasteiger partial charge on any atom is -0.437 e. The number of rotatable bonds is 5. The van der Waals surface area contributed by atoms with Gasteiger partial charge in [0.2, 0.25) is 5.88 Å². The van der Waals surface area contributed by atoms with Crippen LogP contribution in [-0.2, 0) is 0 Å². The molecule has 1 aliphatic rings. The van der Waals surface area contributed by atoms with Crippen LogP contribution in [0.2, 0.25) is 0 Å². The number of piperidine rings is 1. The van der Waals surface area contributed by atoms with Gasteiger partial charge in [0.25, 0.3) is 0 Å². The van der Waals surface area contributed by atoms with Gasteiger partial charge in [-0.25, -0.2) is 4.98 Å². The van der Waals surface area contributed by atoms with Crippen molar-refractivity contribution in [1.29, 1.82) is 0 Å². The Morgan fingerprint density at radius 3 is 2.91 bits per heavy atom. The number of para-hydroxylation sites is 1. The summed E-state index contributed by atoms with van der Waals surface area (Å²) in [7, 11) is 0. The number of aromatic nitrogens is 2. The normalized spacial score (nSPS) is 18.8. The minimum absolute atomic E-state index is 0.194. The van der Waals surface area contributed by atoms with Gasteiger partial charge in [0.1, 0.15) is 11.4 Å². The predicted octanol–water partition coefficient (Wildman–Crippen LogP) is 2.75. The molecule has 1 saturated heterocycles. The molecule has 5 heteroatoms. The quantitative estimate of drug-likeness (QED) is 0.920.